The second-order valence-corrected chi connectivity index (χ2v) is 7.39. The number of rotatable bonds is 4. The van der Waals surface area contributed by atoms with Gasteiger partial charge in [-0.25, -0.2) is 0 Å². The normalized spacial score (nSPS) is 25.9. The average molecular weight is 336 g/mol. The molecule has 0 bridgehead atoms. The molecule has 3 unspecified atom stereocenters. The maximum Gasteiger partial charge on any atom is 0.314 e. The largest absolute Gasteiger partial charge is 0.481 e. The lowest BCUT2D eigenvalue weighted by molar-refractivity contribution is -0.147. The quantitative estimate of drug-likeness (QED) is 0.916. The molecule has 2 aliphatic rings. The van der Waals surface area contributed by atoms with Gasteiger partial charge in [-0.05, 0) is 49.8 Å². The molecule has 3 atom stereocenters. The van der Waals surface area contributed by atoms with Gasteiger partial charge in [-0.15, -0.1) is 0 Å². The first-order chi connectivity index (χ1) is 10.9. The Morgan fingerprint density at radius 1 is 1.26 bits per heavy atom. The highest BCUT2D eigenvalue weighted by Crippen LogP contribution is 2.39. The monoisotopic (exact) mass is 335 g/mol. The van der Waals surface area contributed by atoms with Gasteiger partial charge in [0, 0.05) is 24.0 Å². The van der Waals surface area contributed by atoms with E-state index in [0.717, 1.165) is 19.4 Å². The molecule has 0 radical (unpaired) electrons. The number of amides is 1. The molecule has 1 heterocycles. The molecule has 1 amide bonds. The summed E-state index contributed by atoms with van der Waals surface area (Å²) in [6.45, 7) is 2.39. The van der Waals surface area contributed by atoms with Crippen LogP contribution in [-0.4, -0.2) is 34.5 Å². The fraction of sp³-hybridized carbons (Fsp3) is 0.556. The minimum atomic E-state index is -1.22. The van der Waals surface area contributed by atoms with Gasteiger partial charge in [0.05, 0.1) is 5.41 Å². The summed E-state index contributed by atoms with van der Waals surface area (Å²) in [4.78, 5) is 26.6. The number of carbonyl (C=O) groups is 2. The van der Waals surface area contributed by atoms with Crippen molar-refractivity contribution in [3.63, 3.8) is 0 Å². The lowest BCUT2D eigenvalue weighted by Crippen LogP contribution is -2.43. The van der Waals surface area contributed by atoms with Gasteiger partial charge in [0.25, 0.3) is 0 Å². The van der Waals surface area contributed by atoms with E-state index in [-0.39, 0.29) is 12.3 Å². The highest BCUT2D eigenvalue weighted by molar-refractivity contribution is 6.30. The third-order valence-electron chi connectivity index (χ3n) is 5.54. The molecule has 1 saturated heterocycles. The molecule has 1 aromatic carbocycles. The van der Waals surface area contributed by atoms with Crippen molar-refractivity contribution in [2.75, 3.05) is 6.54 Å². The molecular formula is C18H22ClNO3. The maximum absolute atomic E-state index is 12.8. The smallest absolute Gasteiger partial charge is 0.314 e. The molecule has 0 aromatic heterocycles. The van der Waals surface area contributed by atoms with Crippen molar-refractivity contribution < 1.29 is 14.7 Å². The van der Waals surface area contributed by atoms with Crippen LogP contribution in [0.2, 0.25) is 5.02 Å². The number of benzene rings is 1. The number of aliphatic carboxylic acids is 1. The summed E-state index contributed by atoms with van der Waals surface area (Å²) in [5, 5.41) is 10.3. The van der Waals surface area contributed by atoms with Crippen LogP contribution in [0.15, 0.2) is 24.3 Å². The topological polar surface area (TPSA) is 57.6 Å². The van der Waals surface area contributed by atoms with Crippen LogP contribution in [0.1, 0.15) is 44.6 Å². The first-order valence-corrected chi connectivity index (χ1v) is 8.58. The zero-order chi connectivity index (χ0) is 16.6. The average Bonchev–Trinajstić information content (AvgIpc) is 3.10. The molecule has 2 fully saturated rings. The summed E-state index contributed by atoms with van der Waals surface area (Å²) in [6.07, 6.45) is 4.48. The van der Waals surface area contributed by atoms with E-state index in [9.17, 15) is 14.7 Å². The standard InChI is InChI=1S/C18H22ClNO3/c1-18(17(22)23,13-5-7-14(19)8-6-13)11-16(21)20-10-9-12-3-2-4-15(12)20/h5-8,12,15H,2-4,9-11H2,1H3,(H,22,23). The third kappa shape index (κ3) is 2.97. The van der Waals surface area contributed by atoms with Gasteiger partial charge < -0.3 is 10.0 Å². The van der Waals surface area contributed by atoms with E-state index < -0.39 is 11.4 Å². The summed E-state index contributed by atoms with van der Waals surface area (Å²) in [5.74, 6) is -0.403. The van der Waals surface area contributed by atoms with Crippen molar-refractivity contribution in [3.05, 3.63) is 34.9 Å². The van der Waals surface area contributed by atoms with Crippen LogP contribution >= 0.6 is 11.6 Å². The molecule has 3 rings (SSSR count). The lowest BCUT2D eigenvalue weighted by atomic mass is 9.79. The Hall–Kier alpha value is -1.55. The summed E-state index contributed by atoms with van der Waals surface area (Å²) in [6, 6.07) is 7.07. The number of hydrogen-bond acceptors (Lipinski definition) is 2. The van der Waals surface area contributed by atoms with Crippen molar-refractivity contribution >= 4 is 23.5 Å². The van der Waals surface area contributed by atoms with Crippen molar-refractivity contribution in [1.82, 2.24) is 4.90 Å². The number of halogens is 1. The summed E-state index contributed by atoms with van der Waals surface area (Å²) < 4.78 is 0. The third-order valence-corrected chi connectivity index (χ3v) is 5.79. The Morgan fingerprint density at radius 2 is 1.96 bits per heavy atom. The molecule has 1 N–H and O–H groups in total. The molecule has 1 saturated carbocycles. The van der Waals surface area contributed by atoms with Crippen molar-refractivity contribution in [1.29, 1.82) is 0 Å². The second-order valence-electron chi connectivity index (χ2n) is 6.96. The van der Waals surface area contributed by atoms with E-state index in [2.05, 4.69) is 0 Å². The molecule has 0 spiro atoms. The zero-order valence-electron chi connectivity index (χ0n) is 13.3. The molecule has 1 aromatic rings. The van der Waals surface area contributed by atoms with Crippen LogP contribution in [-0.2, 0) is 15.0 Å². The number of hydrogen-bond donors (Lipinski definition) is 1. The highest BCUT2D eigenvalue weighted by atomic mass is 35.5. The minimum Gasteiger partial charge on any atom is -0.481 e. The van der Waals surface area contributed by atoms with E-state index in [1.807, 2.05) is 4.90 Å². The lowest BCUT2D eigenvalue weighted by Gasteiger charge is -2.30. The van der Waals surface area contributed by atoms with Crippen LogP contribution in [0.4, 0.5) is 0 Å². The predicted octanol–water partition coefficient (Wildman–Crippen LogP) is 3.47. The van der Waals surface area contributed by atoms with Gasteiger partial charge in [0.15, 0.2) is 0 Å². The van der Waals surface area contributed by atoms with Crippen molar-refractivity contribution in [3.8, 4) is 0 Å². The van der Waals surface area contributed by atoms with Gasteiger partial charge in [0.1, 0.15) is 0 Å². The number of nitrogens with zero attached hydrogens (tertiary/aromatic N) is 1. The first-order valence-electron chi connectivity index (χ1n) is 8.21. The number of carboxylic acid groups (broad SMARTS) is 1. The molecule has 4 nitrogen and oxygen atoms in total. The zero-order valence-corrected chi connectivity index (χ0v) is 14.1. The van der Waals surface area contributed by atoms with Crippen LogP contribution < -0.4 is 0 Å². The van der Waals surface area contributed by atoms with Gasteiger partial charge in [-0.3, -0.25) is 9.59 Å². The molecule has 5 heteroatoms. The maximum atomic E-state index is 12.8. The summed E-state index contributed by atoms with van der Waals surface area (Å²) in [7, 11) is 0. The van der Waals surface area contributed by atoms with E-state index >= 15 is 0 Å². The second kappa shape index (κ2) is 6.16. The fourth-order valence-electron chi connectivity index (χ4n) is 4.07. The Bertz CT molecular complexity index is 615. The van der Waals surface area contributed by atoms with E-state index in [0.29, 0.717) is 22.5 Å². The van der Waals surface area contributed by atoms with Gasteiger partial charge >= 0.3 is 5.97 Å². The molecule has 124 valence electrons. The Balaban J connectivity index is 1.80. The van der Waals surface area contributed by atoms with E-state index in [4.69, 9.17) is 11.6 Å². The first kappa shape index (κ1) is 16.3. The Morgan fingerprint density at radius 3 is 2.61 bits per heavy atom. The number of likely N-dealkylation sites (tertiary alicyclic amines) is 1. The van der Waals surface area contributed by atoms with Crippen molar-refractivity contribution in [2.24, 2.45) is 5.92 Å². The minimum absolute atomic E-state index is 0.00676. The summed E-state index contributed by atoms with van der Waals surface area (Å²) >= 11 is 5.89. The molecule has 1 aliphatic heterocycles. The Kier molecular flexibility index (Phi) is 4.37. The van der Waals surface area contributed by atoms with Gasteiger partial charge in [-0.1, -0.05) is 30.2 Å². The van der Waals surface area contributed by atoms with Crippen LogP contribution in [0.3, 0.4) is 0 Å². The van der Waals surface area contributed by atoms with Crippen LogP contribution in [0.25, 0.3) is 0 Å². The molecular weight excluding hydrogens is 314 g/mol. The predicted molar refractivity (Wildman–Crippen MR) is 88.5 cm³/mol. The number of carbonyl (C=O) groups excluding carboxylic acids is 1. The number of carboxylic acids is 1. The van der Waals surface area contributed by atoms with E-state index in [1.54, 1.807) is 31.2 Å². The number of fused-ring (bicyclic) bond motifs is 1. The van der Waals surface area contributed by atoms with Gasteiger partial charge in [0.2, 0.25) is 5.91 Å². The SMILES string of the molecule is CC(CC(=O)N1CCC2CCCC21)(C(=O)O)c1ccc(Cl)cc1. The molecule has 1 aliphatic carbocycles. The Labute approximate surface area is 141 Å². The highest BCUT2D eigenvalue weighted by Gasteiger charge is 2.44. The fourth-order valence-corrected chi connectivity index (χ4v) is 4.19. The van der Waals surface area contributed by atoms with Gasteiger partial charge in [-0.2, -0.15) is 0 Å². The molecule has 23 heavy (non-hydrogen) atoms. The van der Waals surface area contributed by atoms with E-state index in [1.165, 1.54) is 12.8 Å². The van der Waals surface area contributed by atoms with Crippen molar-refractivity contribution in [2.45, 2.75) is 50.5 Å². The van der Waals surface area contributed by atoms with Crippen LogP contribution in [0.5, 0.6) is 0 Å². The van der Waals surface area contributed by atoms with Crippen LogP contribution in [0, 0.1) is 5.92 Å². The summed E-state index contributed by atoms with van der Waals surface area (Å²) in [5.41, 5.74) is -0.608.